The van der Waals surface area contributed by atoms with Crippen molar-refractivity contribution in [3.05, 3.63) is 0 Å². The third-order valence-corrected chi connectivity index (χ3v) is 4.95. The molecule has 2 fully saturated rings. The molecule has 3 heteroatoms. The molecule has 1 aliphatic carbocycles. The fourth-order valence-corrected chi connectivity index (χ4v) is 3.59. The molecule has 1 saturated heterocycles. The van der Waals surface area contributed by atoms with Crippen molar-refractivity contribution in [3.63, 3.8) is 0 Å². The molecule has 0 aromatic carbocycles. The van der Waals surface area contributed by atoms with Gasteiger partial charge in [0, 0.05) is 13.0 Å². The molecule has 0 aromatic rings. The number of hydrogen-bond donors (Lipinski definition) is 2. The molecule has 2 rings (SSSR count). The summed E-state index contributed by atoms with van der Waals surface area (Å²) in [4.78, 5) is 12.0. The Morgan fingerprint density at radius 3 is 2.68 bits per heavy atom. The highest BCUT2D eigenvalue weighted by atomic mass is 16.1. The zero-order chi connectivity index (χ0) is 13.5. The molecule has 2 atom stereocenters. The Morgan fingerprint density at radius 1 is 1.21 bits per heavy atom. The van der Waals surface area contributed by atoms with Gasteiger partial charge >= 0.3 is 0 Å². The first-order valence-corrected chi connectivity index (χ1v) is 8.23. The van der Waals surface area contributed by atoms with Gasteiger partial charge in [-0.05, 0) is 43.7 Å². The number of hydrogen-bond acceptors (Lipinski definition) is 2. The largest absolute Gasteiger partial charge is 0.356 e. The molecule has 19 heavy (non-hydrogen) atoms. The normalized spacial score (nSPS) is 26.9. The Bertz CT molecular complexity index is 268. The lowest BCUT2D eigenvalue weighted by Crippen LogP contribution is -2.38. The maximum absolute atomic E-state index is 12.0. The second kappa shape index (κ2) is 7.88. The van der Waals surface area contributed by atoms with Gasteiger partial charge in [-0.3, -0.25) is 4.79 Å². The molecule has 1 heterocycles. The molecule has 0 bridgehead atoms. The molecular formula is C16H30N2O. The summed E-state index contributed by atoms with van der Waals surface area (Å²) in [6.07, 6.45) is 10.0. The first-order chi connectivity index (χ1) is 9.25. The summed E-state index contributed by atoms with van der Waals surface area (Å²) in [6, 6.07) is 0. The van der Waals surface area contributed by atoms with Crippen molar-refractivity contribution in [1.29, 1.82) is 0 Å². The number of piperidine rings is 1. The van der Waals surface area contributed by atoms with Crippen molar-refractivity contribution < 1.29 is 4.79 Å². The summed E-state index contributed by atoms with van der Waals surface area (Å²) in [5.74, 6) is 2.26. The Morgan fingerprint density at radius 2 is 2.00 bits per heavy atom. The maximum atomic E-state index is 12.0. The van der Waals surface area contributed by atoms with E-state index in [0.29, 0.717) is 11.8 Å². The first kappa shape index (κ1) is 14.8. The van der Waals surface area contributed by atoms with E-state index in [-0.39, 0.29) is 5.91 Å². The first-order valence-electron chi connectivity index (χ1n) is 8.23. The summed E-state index contributed by atoms with van der Waals surface area (Å²) in [5, 5.41) is 6.54. The van der Waals surface area contributed by atoms with E-state index in [1.807, 2.05) is 0 Å². The van der Waals surface area contributed by atoms with Crippen molar-refractivity contribution in [2.75, 3.05) is 19.6 Å². The molecule has 0 spiro atoms. The molecule has 2 aliphatic rings. The molecule has 1 aliphatic heterocycles. The highest BCUT2D eigenvalue weighted by Gasteiger charge is 2.22. The van der Waals surface area contributed by atoms with E-state index in [1.165, 1.54) is 44.9 Å². The third kappa shape index (κ3) is 5.13. The van der Waals surface area contributed by atoms with Crippen LogP contribution >= 0.6 is 0 Å². The average molecular weight is 266 g/mol. The fraction of sp³-hybridized carbons (Fsp3) is 0.938. The Kier molecular flexibility index (Phi) is 6.15. The van der Waals surface area contributed by atoms with E-state index in [2.05, 4.69) is 17.6 Å². The van der Waals surface area contributed by atoms with Gasteiger partial charge < -0.3 is 10.6 Å². The fourth-order valence-electron chi connectivity index (χ4n) is 3.59. The minimum atomic E-state index is 0.267. The topological polar surface area (TPSA) is 41.1 Å². The van der Waals surface area contributed by atoms with Crippen LogP contribution in [0.15, 0.2) is 0 Å². The number of carbonyl (C=O) groups is 1. The van der Waals surface area contributed by atoms with Gasteiger partial charge in [0.2, 0.25) is 5.91 Å². The second-order valence-electron chi connectivity index (χ2n) is 6.60. The lowest BCUT2D eigenvalue weighted by molar-refractivity contribution is -0.122. The predicted molar refractivity (Wildman–Crippen MR) is 79.0 cm³/mol. The van der Waals surface area contributed by atoms with Gasteiger partial charge in [-0.25, -0.2) is 0 Å². The molecule has 1 saturated carbocycles. The molecule has 2 unspecified atom stereocenters. The van der Waals surface area contributed by atoms with Gasteiger partial charge in [-0.15, -0.1) is 0 Å². The standard InChI is InChI=1S/C16H30N2O/c1-13(15-7-3-2-4-8-15)10-16(19)18-12-14-6-5-9-17-11-14/h13-15,17H,2-12H2,1H3,(H,18,19). The van der Waals surface area contributed by atoms with Crippen LogP contribution in [0.1, 0.15) is 58.3 Å². The van der Waals surface area contributed by atoms with Gasteiger partial charge in [0.1, 0.15) is 0 Å². The van der Waals surface area contributed by atoms with Gasteiger partial charge in [0.05, 0.1) is 0 Å². The highest BCUT2D eigenvalue weighted by Crippen LogP contribution is 2.31. The van der Waals surface area contributed by atoms with Gasteiger partial charge in [0.15, 0.2) is 0 Å². The minimum absolute atomic E-state index is 0.267. The Balaban J connectivity index is 1.62. The molecule has 1 amide bonds. The van der Waals surface area contributed by atoms with Crippen LogP contribution in [0.2, 0.25) is 0 Å². The van der Waals surface area contributed by atoms with Crippen LogP contribution in [0, 0.1) is 17.8 Å². The van der Waals surface area contributed by atoms with E-state index < -0.39 is 0 Å². The van der Waals surface area contributed by atoms with Crippen LogP contribution < -0.4 is 10.6 Å². The number of carbonyl (C=O) groups excluding carboxylic acids is 1. The monoisotopic (exact) mass is 266 g/mol. The van der Waals surface area contributed by atoms with E-state index in [1.54, 1.807) is 0 Å². The third-order valence-electron chi connectivity index (χ3n) is 4.95. The van der Waals surface area contributed by atoms with Crippen LogP contribution in [0.25, 0.3) is 0 Å². The summed E-state index contributed by atoms with van der Waals surface area (Å²) in [7, 11) is 0. The highest BCUT2D eigenvalue weighted by molar-refractivity contribution is 5.76. The Labute approximate surface area is 117 Å². The van der Waals surface area contributed by atoms with E-state index in [0.717, 1.165) is 32.0 Å². The number of nitrogens with one attached hydrogen (secondary N) is 2. The molecule has 0 radical (unpaired) electrons. The van der Waals surface area contributed by atoms with Crippen molar-refractivity contribution in [2.24, 2.45) is 17.8 Å². The van der Waals surface area contributed by atoms with Gasteiger partial charge in [0.25, 0.3) is 0 Å². The van der Waals surface area contributed by atoms with E-state index in [9.17, 15) is 4.79 Å². The van der Waals surface area contributed by atoms with Crippen molar-refractivity contribution >= 4 is 5.91 Å². The lowest BCUT2D eigenvalue weighted by Gasteiger charge is -2.28. The molecular weight excluding hydrogens is 236 g/mol. The van der Waals surface area contributed by atoms with Crippen LogP contribution in [0.3, 0.4) is 0 Å². The van der Waals surface area contributed by atoms with Crippen LogP contribution in [0.4, 0.5) is 0 Å². The smallest absolute Gasteiger partial charge is 0.220 e. The average Bonchev–Trinajstić information content (AvgIpc) is 2.47. The molecule has 3 nitrogen and oxygen atoms in total. The number of rotatable bonds is 5. The Hall–Kier alpha value is -0.570. The molecule has 110 valence electrons. The predicted octanol–water partition coefficient (Wildman–Crippen LogP) is 2.71. The molecule has 0 aromatic heterocycles. The SMILES string of the molecule is CC(CC(=O)NCC1CCCNC1)C1CCCCC1. The summed E-state index contributed by atoms with van der Waals surface area (Å²) in [5.41, 5.74) is 0. The quantitative estimate of drug-likeness (QED) is 0.803. The van der Waals surface area contributed by atoms with Crippen molar-refractivity contribution in [2.45, 2.75) is 58.3 Å². The van der Waals surface area contributed by atoms with Crippen molar-refractivity contribution in [3.8, 4) is 0 Å². The minimum Gasteiger partial charge on any atom is -0.356 e. The summed E-state index contributed by atoms with van der Waals surface area (Å²) < 4.78 is 0. The van der Waals surface area contributed by atoms with E-state index in [4.69, 9.17) is 0 Å². The zero-order valence-electron chi connectivity index (χ0n) is 12.4. The van der Waals surface area contributed by atoms with Gasteiger partial charge in [-0.1, -0.05) is 39.0 Å². The van der Waals surface area contributed by atoms with Crippen LogP contribution in [0.5, 0.6) is 0 Å². The maximum Gasteiger partial charge on any atom is 0.220 e. The number of amides is 1. The van der Waals surface area contributed by atoms with Crippen molar-refractivity contribution in [1.82, 2.24) is 10.6 Å². The molecule has 2 N–H and O–H groups in total. The summed E-state index contributed by atoms with van der Waals surface area (Å²) >= 11 is 0. The van der Waals surface area contributed by atoms with Crippen LogP contribution in [-0.2, 0) is 4.79 Å². The van der Waals surface area contributed by atoms with Gasteiger partial charge in [-0.2, -0.15) is 0 Å². The second-order valence-corrected chi connectivity index (χ2v) is 6.60. The zero-order valence-corrected chi connectivity index (χ0v) is 12.4. The lowest BCUT2D eigenvalue weighted by atomic mass is 9.79. The summed E-state index contributed by atoms with van der Waals surface area (Å²) in [6.45, 7) is 5.34. The van der Waals surface area contributed by atoms with E-state index >= 15 is 0 Å². The van der Waals surface area contributed by atoms with Crippen LogP contribution in [-0.4, -0.2) is 25.5 Å².